The smallest absolute Gasteiger partial charge is 0.206 e. The quantitative estimate of drug-likeness (QED) is 0.518. The molecule has 4 heteroatoms. The zero-order valence-electron chi connectivity index (χ0n) is 6.10. The molecule has 0 aliphatic heterocycles. The summed E-state index contributed by atoms with van der Waals surface area (Å²) in [6.07, 6.45) is 9.83. The van der Waals surface area contributed by atoms with Crippen LogP contribution < -0.4 is 0 Å². The monoisotopic (exact) mass is 156 g/mol. The van der Waals surface area contributed by atoms with Crippen LogP contribution in [0.25, 0.3) is 11.2 Å². The normalized spacial score (nSPS) is 9.58. The van der Waals surface area contributed by atoms with Gasteiger partial charge in [-0.2, -0.15) is 4.98 Å². The predicted molar refractivity (Wildman–Crippen MR) is 43.1 cm³/mol. The molecule has 0 radical (unpaired) electrons. The van der Waals surface area contributed by atoms with Gasteiger partial charge >= 0.3 is 0 Å². The minimum Gasteiger partial charge on any atom is -0.250 e. The van der Waals surface area contributed by atoms with Crippen molar-refractivity contribution in [2.75, 3.05) is 0 Å². The maximum absolute atomic E-state index is 5.12. The number of terminal acetylenes is 1. The van der Waals surface area contributed by atoms with Gasteiger partial charge in [-0.25, -0.2) is 15.0 Å². The summed E-state index contributed by atoms with van der Waals surface area (Å²) in [5, 5.41) is 0. The van der Waals surface area contributed by atoms with Crippen LogP contribution in [0.1, 0.15) is 5.82 Å². The number of hydrogen-bond donors (Lipinski definition) is 0. The molecule has 2 aromatic heterocycles. The third-order valence-corrected chi connectivity index (χ3v) is 1.36. The molecule has 0 aliphatic carbocycles. The second kappa shape index (κ2) is 2.55. The van der Waals surface area contributed by atoms with Crippen molar-refractivity contribution in [3.63, 3.8) is 0 Å². The van der Waals surface area contributed by atoms with Gasteiger partial charge in [-0.05, 0) is 5.92 Å². The van der Waals surface area contributed by atoms with Crippen LogP contribution in [0.15, 0.2) is 18.6 Å². The van der Waals surface area contributed by atoms with E-state index < -0.39 is 0 Å². The second-order valence-corrected chi connectivity index (χ2v) is 2.10. The Hall–Kier alpha value is -2.02. The molecule has 0 saturated heterocycles. The lowest BCUT2D eigenvalue weighted by molar-refractivity contribution is 1.12. The van der Waals surface area contributed by atoms with Crippen molar-refractivity contribution in [1.82, 2.24) is 19.9 Å². The fraction of sp³-hybridized carbons (Fsp3) is 0. The standard InChI is InChI=1S/C8H4N4/c1-2-7-11-5-6-8(12-7)10-4-3-9-6/h1,3-5H. The van der Waals surface area contributed by atoms with Crippen molar-refractivity contribution < 1.29 is 0 Å². The lowest BCUT2D eigenvalue weighted by Crippen LogP contribution is -1.92. The van der Waals surface area contributed by atoms with E-state index in [0.29, 0.717) is 17.0 Å². The van der Waals surface area contributed by atoms with E-state index in [1.165, 1.54) is 0 Å². The number of aromatic nitrogens is 4. The van der Waals surface area contributed by atoms with Crippen LogP contribution in [0.4, 0.5) is 0 Å². The topological polar surface area (TPSA) is 51.6 Å². The first kappa shape index (κ1) is 6.68. The first-order valence-electron chi connectivity index (χ1n) is 3.30. The van der Waals surface area contributed by atoms with Crippen molar-refractivity contribution in [3.05, 3.63) is 24.4 Å². The Bertz CT molecular complexity index is 458. The van der Waals surface area contributed by atoms with Gasteiger partial charge < -0.3 is 0 Å². The highest BCUT2D eigenvalue weighted by molar-refractivity contribution is 5.67. The molecule has 0 fully saturated rings. The summed E-state index contributed by atoms with van der Waals surface area (Å²) in [4.78, 5) is 15.8. The third-order valence-electron chi connectivity index (χ3n) is 1.36. The second-order valence-electron chi connectivity index (χ2n) is 2.10. The summed E-state index contributed by atoms with van der Waals surface area (Å²) in [7, 11) is 0. The van der Waals surface area contributed by atoms with Gasteiger partial charge in [-0.15, -0.1) is 6.42 Å². The molecule has 4 nitrogen and oxygen atoms in total. The van der Waals surface area contributed by atoms with E-state index in [0.717, 1.165) is 0 Å². The van der Waals surface area contributed by atoms with Gasteiger partial charge in [0.25, 0.3) is 0 Å². The lowest BCUT2D eigenvalue weighted by atomic mass is 10.5. The first-order chi connectivity index (χ1) is 5.90. The van der Waals surface area contributed by atoms with E-state index in [1.54, 1.807) is 18.6 Å². The van der Waals surface area contributed by atoms with Gasteiger partial charge in [0.1, 0.15) is 5.52 Å². The molecule has 2 rings (SSSR count). The fourth-order valence-corrected chi connectivity index (χ4v) is 0.840. The van der Waals surface area contributed by atoms with Gasteiger partial charge in [-0.1, -0.05) is 0 Å². The molecule has 56 valence electrons. The fourth-order valence-electron chi connectivity index (χ4n) is 0.840. The Labute approximate surface area is 68.7 Å². The Balaban J connectivity index is 2.78. The van der Waals surface area contributed by atoms with E-state index in [1.807, 2.05) is 0 Å². The van der Waals surface area contributed by atoms with Crippen LogP contribution in [0, 0.1) is 12.3 Å². The average molecular weight is 156 g/mol. The molecule has 0 bridgehead atoms. The molecule has 0 aliphatic rings. The SMILES string of the molecule is C#Cc1ncc2nccnc2n1. The van der Waals surface area contributed by atoms with Crippen molar-refractivity contribution in [2.45, 2.75) is 0 Å². The molecular formula is C8H4N4. The van der Waals surface area contributed by atoms with Gasteiger partial charge in [0.15, 0.2) is 5.65 Å². The first-order valence-corrected chi connectivity index (χ1v) is 3.30. The summed E-state index contributed by atoms with van der Waals surface area (Å²) in [6, 6.07) is 0. The molecule has 0 N–H and O–H groups in total. The van der Waals surface area contributed by atoms with Gasteiger partial charge in [0.05, 0.1) is 6.20 Å². The van der Waals surface area contributed by atoms with E-state index in [-0.39, 0.29) is 0 Å². The highest BCUT2D eigenvalue weighted by Crippen LogP contribution is 2.01. The number of nitrogens with zero attached hydrogens (tertiary/aromatic N) is 4. The summed E-state index contributed by atoms with van der Waals surface area (Å²) in [5.74, 6) is 2.67. The van der Waals surface area contributed by atoms with E-state index >= 15 is 0 Å². The summed E-state index contributed by atoms with van der Waals surface area (Å²) < 4.78 is 0. The molecule has 0 spiro atoms. The Morgan fingerprint density at radius 1 is 1.17 bits per heavy atom. The van der Waals surface area contributed by atoms with Crippen molar-refractivity contribution in [3.8, 4) is 12.3 Å². The van der Waals surface area contributed by atoms with Crippen molar-refractivity contribution >= 4 is 11.2 Å². The number of hydrogen-bond acceptors (Lipinski definition) is 4. The Kier molecular flexibility index (Phi) is 1.42. The molecule has 2 heterocycles. The molecular weight excluding hydrogens is 152 g/mol. The predicted octanol–water partition coefficient (Wildman–Crippen LogP) is 0.401. The van der Waals surface area contributed by atoms with Gasteiger partial charge in [0, 0.05) is 12.4 Å². The molecule has 2 aromatic rings. The highest BCUT2D eigenvalue weighted by Gasteiger charge is 1.96. The highest BCUT2D eigenvalue weighted by atomic mass is 15.0. The van der Waals surface area contributed by atoms with Gasteiger partial charge in [0.2, 0.25) is 5.82 Å². The molecule has 0 amide bonds. The maximum Gasteiger partial charge on any atom is 0.206 e. The van der Waals surface area contributed by atoms with Crippen LogP contribution >= 0.6 is 0 Å². The number of rotatable bonds is 0. The Morgan fingerprint density at radius 3 is 2.83 bits per heavy atom. The molecule has 0 atom stereocenters. The summed E-state index contributed by atoms with van der Waals surface area (Å²) in [5.41, 5.74) is 1.18. The molecule has 12 heavy (non-hydrogen) atoms. The summed E-state index contributed by atoms with van der Waals surface area (Å²) in [6.45, 7) is 0. The van der Waals surface area contributed by atoms with Crippen LogP contribution in [0.3, 0.4) is 0 Å². The van der Waals surface area contributed by atoms with E-state index in [2.05, 4.69) is 25.9 Å². The minimum atomic E-state index is 0.336. The summed E-state index contributed by atoms with van der Waals surface area (Å²) >= 11 is 0. The van der Waals surface area contributed by atoms with E-state index in [9.17, 15) is 0 Å². The molecule has 0 unspecified atom stereocenters. The largest absolute Gasteiger partial charge is 0.250 e. The zero-order valence-corrected chi connectivity index (χ0v) is 6.10. The molecule has 0 saturated carbocycles. The Morgan fingerprint density at radius 2 is 2.00 bits per heavy atom. The maximum atomic E-state index is 5.12. The van der Waals surface area contributed by atoms with Crippen LogP contribution in [-0.4, -0.2) is 19.9 Å². The van der Waals surface area contributed by atoms with Crippen LogP contribution in [-0.2, 0) is 0 Å². The number of fused-ring (bicyclic) bond motifs is 1. The molecule has 0 aromatic carbocycles. The van der Waals surface area contributed by atoms with Crippen LogP contribution in [0.2, 0.25) is 0 Å². The van der Waals surface area contributed by atoms with Gasteiger partial charge in [-0.3, -0.25) is 0 Å². The minimum absolute atomic E-state index is 0.336. The lowest BCUT2D eigenvalue weighted by Gasteiger charge is -1.92. The average Bonchev–Trinajstić information content (AvgIpc) is 2.17. The zero-order chi connectivity index (χ0) is 8.39. The third kappa shape index (κ3) is 0.974. The van der Waals surface area contributed by atoms with Crippen molar-refractivity contribution in [1.29, 1.82) is 0 Å². The van der Waals surface area contributed by atoms with Crippen LogP contribution in [0.5, 0.6) is 0 Å². The van der Waals surface area contributed by atoms with E-state index in [4.69, 9.17) is 6.42 Å². The van der Waals surface area contributed by atoms with Crippen molar-refractivity contribution in [2.24, 2.45) is 0 Å².